The molecular formula is C16H16N4O3. The van der Waals surface area contributed by atoms with E-state index in [0.29, 0.717) is 32.0 Å². The van der Waals surface area contributed by atoms with E-state index in [9.17, 15) is 9.59 Å². The molecule has 2 unspecified atom stereocenters. The van der Waals surface area contributed by atoms with Gasteiger partial charge in [0.05, 0.1) is 24.9 Å². The smallest absolute Gasteiger partial charge is 0.234 e. The van der Waals surface area contributed by atoms with Gasteiger partial charge in [-0.3, -0.25) is 19.4 Å². The van der Waals surface area contributed by atoms with Crippen molar-refractivity contribution < 1.29 is 14.1 Å². The minimum absolute atomic E-state index is 0.0699. The van der Waals surface area contributed by atoms with Crippen LogP contribution < -0.4 is 0 Å². The van der Waals surface area contributed by atoms with Crippen LogP contribution in [0.2, 0.25) is 0 Å². The van der Waals surface area contributed by atoms with Crippen LogP contribution in [0, 0.1) is 11.8 Å². The number of carbonyl (C=O) groups excluding carboxylic acids is 2. The maximum atomic E-state index is 12.6. The van der Waals surface area contributed by atoms with E-state index in [2.05, 4.69) is 10.1 Å². The number of aromatic nitrogens is 2. The summed E-state index contributed by atoms with van der Waals surface area (Å²) in [5.41, 5.74) is 0.970. The number of imide groups is 1. The molecule has 2 amide bonds. The Labute approximate surface area is 132 Å². The Morgan fingerprint density at radius 2 is 1.74 bits per heavy atom. The molecule has 3 heterocycles. The van der Waals surface area contributed by atoms with Crippen LogP contribution in [0.3, 0.4) is 0 Å². The lowest BCUT2D eigenvalue weighted by Crippen LogP contribution is -2.35. The van der Waals surface area contributed by atoms with E-state index >= 15 is 0 Å². The van der Waals surface area contributed by atoms with Crippen LogP contribution in [0.1, 0.15) is 11.4 Å². The molecule has 0 radical (unpaired) electrons. The average molecular weight is 312 g/mol. The summed E-state index contributed by atoms with van der Waals surface area (Å²) in [6.07, 6.45) is 1.28. The summed E-state index contributed by atoms with van der Waals surface area (Å²) in [5.74, 6) is -0.0684. The summed E-state index contributed by atoms with van der Waals surface area (Å²) in [7, 11) is 0. The van der Waals surface area contributed by atoms with Gasteiger partial charge in [-0.2, -0.15) is 4.98 Å². The van der Waals surface area contributed by atoms with Crippen LogP contribution in [0.15, 0.2) is 41.2 Å². The lowest BCUT2D eigenvalue weighted by Gasteiger charge is -2.19. The summed E-state index contributed by atoms with van der Waals surface area (Å²) in [6, 6.07) is 9.59. The fraction of sp³-hybridized carbons (Fsp3) is 0.375. The van der Waals surface area contributed by atoms with Gasteiger partial charge in [-0.1, -0.05) is 35.5 Å². The average Bonchev–Trinajstić information content (AvgIpc) is 3.26. The number of amides is 2. The number of benzene rings is 1. The van der Waals surface area contributed by atoms with E-state index in [1.54, 1.807) is 0 Å². The van der Waals surface area contributed by atoms with Gasteiger partial charge in [0.2, 0.25) is 18.2 Å². The minimum Gasteiger partial charge on any atom is -0.343 e. The van der Waals surface area contributed by atoms with E-state index in [4.69, 9.17) is 4.52 Å². The molecule has 2 aromatic rings. The third-order valence-electron chi connectivity index (χ3n) is 4.52. The van der Waals surface area contributed by atoms with E-state index < -0.39 is 0 Å². The maximum Gasteiger partial charge on any atom is 0.234 e. The summed E-state index contributed by atoms with van der Waals surface area (Å²) in [6.45, 7) is 1.99. The van der Waals surface area contributed by atoms with Crippen molar-refractivity contribution >= 4 is 11.8 Å². The Morgan fingerprint density at radius 3 is 2.35 bits per heavy atom. The van der Waals surface area contributed by atoms with Crippen LogP contribution >= 0.6 is 0 Å². The Kier molecular flexibility index (Phi) is 3.42. The number of likely N-dealkylation sites (tertiary alicyclic amines) is 2. The number of nitrogens with zero attached hydrogens (tertiary/aromatic N) is 4. The van der Waals surface area contributed by atoms with Crippen molar-refractivity contribution in [3.05, 3.63) is 48.1 Å². The molecule has 1 aromatic heterocycles. The molecule has 23 heavy (non-hydrogen) atoms. The third-order valence-corrected chi connectivity index (χ3v) is 4.52. The van der Waals surface area contributed by atoms with Gasteiger partial charge in [0.25, 0.3) is 0 Å². The van der Waals surface area contributed by atoms with Crippen LogP contribution in [0.4, 0.5) is 0 Å². The molecule has 0 aliphatic carbocycles. The first-order valence-corrected chi connectivity index (χ1v) is 7.59. The second-order valence-electron chi connectivity index (χ2n) is 6.00. The molecule has 2 atom stereocenters. The number of hydrogen-bond donors (Lipinski definition) is 0. The quantitative estimate of drug-likeness (QED) is 0.773. The molecule has 0 saturated carbocycles. The molecule has 2 aliphatic heterocycles. The lowest BCUT2D eigenvalue weighted by molar-refractivity contribution is -0.141. The van der Waals surface area contributed by atoms with E-state index in [1.165, 1.54) is 11.3 Å². The van der Waals surface area contributed by atoms with Crippen LogP contribution in [-0.2, 0) is 22.7 Å². The van der Waals surface area contributed by atoms with E-state index in [0.717, 1.165) is 5.56 Å². The topological polar surface area (TPSA) is 79.5 Å². The summed E-state index contributed by atoms with van der Waals surface area (Å²) >= 11 is 0. The van der Waals surface area contributed by atoms with E-state index in [-0.39, 0.29) is 23.7 Å². The fourth-order valence-corrected chi connectivity index (χ4v) is 3.41. The van der Waals surface area contributed by atoms with Gasteiger partial charge in [-0.15, -0.1) is 0 Å². The molecule has 0 N–H and O–H groups in total. The summed E-state index contributed by atoms with van der Waals surface area (Å²) in [4.78, 5) is 32.6. The highest BCUT2D eigenvalue weighted by atomic mass is 16.5. The van der Waals surface area contributed by atoms with Crippen molar-refractivity contribution in [2.75, 3.05) is 13.1 Å². The molecule has 0 bridgehead atoms. The zero-order chi connectivity index (χ0) is 15.8. The van der Waals surface area contributed by atoms with Crippen LogP contribution in [0.25, 0.3) is 0 Å². The van der Waals surface area contributed by atoms with Gasteiger partial charge in [-0.05, 0) is 5.56 Å². The summed E-state index contributed by atoms with van der Waals surface area (Å²) < 4.78 is 4.71. The van der Waals surface area contributed by atoms with Crippen LogP contribution in [-0.4, -0.2) is 44.8 Å². The molecule has 1 aromatic carbocycles. The molecule has 0 spiro atoms. The molecular weight excluding hydrogens is 296 g/mol. The van der Waals surface area contributed by atoms with Crippen molar-refractivity contribution in [2.45, 2.75) is 13.1 Å². The Bertz CT molecular complexity index is 692. The van der Waals surface area contributed by atoms with Crippen molar-refractivity contribution in [1.29, 1.82) is 0 Å². The minimum atomic E-state index is -0.252. The first kappa shape index (κ1) is 14.1. The van der Waals surface area contributed by atoms with Crippen molar-refractivity contribution in [2.24, 2.45) is 11.8 Å². The fourth-order valence-electron chi connectivity index (χ4n) is 3.41. The SMILES string of the molecule is O=C1C2CN(Cc3ncon3)CC2C(=O)N1Cc1ccccc1. The van der Waals surface area contributed by atoms with Gasteiger partial charge in [0, 0.05) is 13.1 Å². The standard InChI is InChI=1S/C16H16N4O3/c21-15-12-7-19(9-14-17-10-23-18-14)8-13(12)16(22)20(15)6-11-4-2-1-3-5-11/h1-5,10,12-13H,6-9H2. The number of fused-ring (bicyclic) bond motifs is 1. The second-order valence-corrected chi connectivity index (χ2v) is 6.00. The van der Waals surface area contributed by atoms with Crippen LogP contribution in [0.5, 0.6) is 0 Å². The van der Waals surface area contributed by atoms with Crippen molar-refractivity contribution in [3.63, 3.8) is 0 Å². The Morgan fingerprint density at radius 1 is 1.04 bits per heavy atom. The lowest BCUT2D eigenvalue weighted by atomic mass is 10.00. The first-order valence-electron chi connectivity index (χ1n) is 7.59. The van der Waals surface area contributed by atoms with E-state index in [1.807, 2.05) is 35.2 Å². The van der Waals surface area contributed by atoms with Gasteiger partial charge >= 0.3 is 0 Å². The molecule has 4 rings (SSSR count). The van der Waals surface area contributed by atoms with Gasteiger partial charge in [-0.25, -0.2) is 0 Å². The monoisotopic (exact) mass is 312 g/mol. The van der Waals surface area contributed by atoms with Gasteiger partial charge in [0.15, 0.2) is 5.82 Å². The number of carbonyl (C=O) groups is 2. The Hall–Kier alpha value is -2.54. The third kappa shape index (κ3) is 2.53. The zero-order valence-electron chi connectivity index (χ0n) is 12.5. The van der Waals surface area contributed by atoms with Crippen molar-refractivity contribution in [1.82, 2.24) is 19.9 Å². The highest BCUT2D eigenvalue weighted by Crippen LogP contribution is 2.34. The normalized spacial score (nSPS) is 24.4. The molecule has 7 heteroatoms. The van der Waals surface area contributed by atoms with Gasteiger partial charge < -0.3 is 4.52 Å². The largest absolute Gasteiger partial charge is 0.343 e. The highest BCUT2D eigenvalue weighted by molar-refractivity contribution is 6.05. The Balaban J connectivity index is 1.45. The highest BCUT2D eigenvalue weighted by Gasteiger charge is 2.52. The second kappa shape index (κ2) is 5.58. The predicted molar refractivity (Wildman–Crippen MR) is 78.6 cm³/mol. The first-order chi connectivity index (χ1) is 11.2. The summed E-state index contributed by atoms with van der Waals surface area (Å²) in [5, 5.41) is 3.77. The number of hydrogen-bond acceptors (Lipinski definition) is 6. The molecule has 2 aliphatic rings. The molecule has 7 nitrogen and oxygen atoms in total. The molecule has 2 fully saturated rings. The maximum absolute atomic E-state index is 12.6. The molecule has 2 saturated heterocycles. The zero-order valence-corrected chi connectivity index (χ0v) is 12.5. The predicted octanol–water partition coefficient (Wildman–Crippen LogP) is 0.687. The van der Waals surface area contributed by atoms with Crippen molar-refractivity contribution in [3.8, 4) is 0 Å². The van der Waals surface area contributed by atoms with Gasteiger partial charge in [0.1, 0.15) is 0 Å². The molecule has 118 valence electrons. The number of rotatable bonds is 4.